The number of furan rings is 1. The van der Waals surface area contributed by atoms with Crippen LogP contribution in [0.1, 0.15) is 49.9 Å². The van der Waals surface area contributed by atoms with Crippen molar-refractivity contribution in [2.75, 3.05) is 4.90 Å². The van der Waals surface area contributed by atoms with Crippen LogP contribution in [0.5, 0.6) is 0 Å². The molecule has 0 saturated heterocycles. The second-order valence-corrected chi connectivity index (χ2v) is 18.8. The lowest BCUT2D eigenvalue weighted by Gasteiger charge is -2.30. The summed E-state index contributed by atoms with van der Waals surface area (Å²) in [5, 5.41) is 6.98. The molecule has 10 aromatic carbocycles. The van der Waals surface area contributed by atoms with Crippen molar-refractivity contribution >= 4 is 60.5 Å². The molecular formula is C62H45NO. The van der Waals surface area contributed by atoms with Crippen molar-refractivity contribution in [1.29, 1.82) is 0 Å². The number of hydrogen-bond donors (Lipinski definition) is 0. The second kappa shape index (κ2) is 13.4. The fourth-order valence-corrected chi connectivity index (χ4v) is 11.5. The SMILES string of the molecule is CC1(C)c2ccccc2-c2ccc(N(c3ccc4c(c3)C(C)(C)c3ccccc3-4)c3ccc(-c4ccc(-c5ccccc5)cc4)c4c3oc3c5ccccc5c5ccccc5c34)cc21. The van der Waals surface area contributed by atoms with Crippen molar-refractivity contribution < 1.29 is 4.42 Å². The first-order valence-electron chi connectivity index (χ1n) is 22.5. The third-order valence-electron chi connectivity index (χ3n) is 14.7. The van der Waals surface area contributed by atoms with E-state index in [1.165, 1.54) is 71.8 Å². The molecule has 0 aliphatic heterocycles. The van der Waals surface area contributed by atoms with Gasteiger partial charge in [0, 0.05) is 38.4 Å². The van der Waals surface area contributed by atoms with Crippen LogP contribution in [-0.4, -0.2) is 0 Å². The van der Waals surface area contributed by atoms with Crippen molar-refractivity contribution in [2.24, 2.45) is 0 Å². The van der Waals surface area contributed by atoms with E-state index in [-0.39, 0.29) is 10.8 Å². The zero-order chi connectivity index (χ0) is 42.9. The Bertz CT molecular complexity index is 3610. The van der Waals surface area contributed by atoms with Crippen molar-refractivity contribution in [3.8, 4) is 44.5 Å². The van der Waals surface area contributed by atoms with Gasteiger partial charge in [0.1, 0.15) is 5.58 Å². The summed E-state index contributed by atoms with van der Waals surface area (Å²) in [5.74, 6) is 0. The summed E-state index contributed by atoms with van der Waals surface area (Å²) in [6.07, 6.45) is 0. The third kappa shape index (κ3) is 5.14. The van der Waals surface area contributed by atoms with Crippen LogP contribution in [-0.2, 0) is 10.8 Å². The minimum absolute atomic E-state index is 0.169. The van der Waals surface area contributed by atoms with Crippen LogP contribution in [0.3, 0.4) is 0 Å². The molecule has 0 unspecified atom stereocenters. The average molecular weight is 820 g/mol. The van der Waals surface area contributed by atoms with Crippen LogP contribution >= 0.6 is 0 Å². The number of fused-ring (bicyclic) bond motifs is 14. The Hall–Kier alpha value is -7.68. The molecule has 2 aliphatic carbocycles. The molecule has 1 heterocycles. The van der Waals surface area contributed by atoms with Gasteiger partial charge in [-0.15, -0.1) is 0 Å². The maximum atomic E-state index is 7.51. The first-order chi connectivity index (χ1) is 31.3. The highest BCUT2D eigenvalue weighted by molar-refractivity contribution is 6.33. The summed E-state index contributed by atoms with van der Waals surface area (Å²) in [4.78, 5) is 2.47. The standard InChI is InChI=1S/C62H45NO/c1-61(2)52-24-14-12-20-46(52)48-32-30-41(36-54(48)61)63(42-31-33-49-47-21-13-15-25-53(47)62(3,4)55(49)37-42)56-35-34-43(40-28-26-39(27-29-40)38-16-6-5-7-17-38)57-58-50-22-10-8-18-44(50)45-19-9-11-23-51(45)59(58)64-60(56)57/h5-37H,1-4H3. The Kier molecular flexibility index (Phi) is 7.74. The largest absolute Gasteiger partial charge is 0.453 e. The molecule has 2 aliphatic rings. The van der Waals surface area contributed by atoms with E-state index in [2.05, 4.69) is 233 Å². The molecule has 0 fully saturated rings. The monoisotopic (exact) mass is 819 g/mol. The lowest BCUT2D eigenvalue weighted by Crippen LogP contribution is -2.18. The van der Waals surface area contributed by atoms with Gasteiger partial charge in [-0.3, -0.25) is 0 Å². The smallest absolute Gasteiger partial charge is 0.160 e. The summed E-state index contributed by atoms with van der Waals surface area (Å²) in [5.41, 5.74) is 20.0. The second-order valence-electron chi connectivity index (χ2n) is 18.8. The highest BCUT2D eigenvalue weighted by atomic mass is 16.3. The van der Waals surface area contributed by atoms with Crippen LogP contribution in [0.4, 0.5) is 17.1 Å². The van der Waals surface area contributed by atoms with Crippen molar-refractivity contribution in [3.05, 3.63) is 222 Å². The summed E-state index contributed by atoms with van der Waals surface area (Å²) < 4.78 is 7.51. The van der Waals surface area contributed by atoms with Gasteiger partial charge in [0.2, 0.25) is 0 Å². The molecule has 0 spiro atoms. The summed E-state index contributed by atoms with van der Waals surface area (Å²) in [6, 6.07) is 73.9. The molecule has 0 N–H and O–H groups in total. The average Bonchev–Trinajstić information content (AvgIpc) is 3.93. The number of nitrogens with zero attached hydrogens (tertiary/aromatic N) is 1. The molecule has 0 bridgehead atoms. The Morgan fingerprint density at radius 3 is 1.39 bits per heavy atom. The molecule has 11 aromatic rings. The lowest BCUT2D eigenvalue weighted by atomic mass is 9.82. The highest BCUT2D eigenvalue weighted by Gasteiger charge is 2.38. The van der Waals surface area contributed by atoms with E-state index in [0.717, 1.165) is 55.5 Å². The maximum absolute atomic E-state index is 7.51. The van der Waals surface area contributed by atoms with Gasteiger partial charge >= 0.3 is 0 Å². The fraction of sp³-hybridized carbons (Fsp3) is 0.0968. The number of hydrogen-bond acceptors (Lipinski definition) is 2. The molecule has 0 atom stereocenters. The van der Waals surface area contributed by atoms with E-state index in [0.29, 0.717) is 0 Å². The maximum Gasteiger partial charge on any atom is 0.160 e. The molecule has 2 heteroatoms. The molecule has 13 rings (SSSR count). The fourth-order valence-electron chi connectivity index (χ4n) is 11.5. The van der Waals surface area contributed by atoms with Gasteiger partial charge in [0.15, 0.2) is 5.58 Å². The van der Waals surface area contributed by atoms with Gasteiger partial charge in [-0.25, -0.2) is 0 Å². The zero-order valence-electron chi connectivity index (χ0n) is 36.4. The third-order valence-corrected chi connectivity index (χ3v) is 14.7. The Balaban J connectivity index is 1.12. The molecule has 0 radical (unpaired) electrons. The molecule has 1 aromatic heterocycles. The Labute approximate surface area is 373 Å². The van der Waals surface area contributed by atoms with Crippen LogP contribution in [0.25, 0.3) is 88.0 Å². The predicted octanol–water partition coefficient (Wildman–Crippen LogP) is 17.3. The number of anilines is 3. The molecule has 304 valence electrons. The van der Waals surface area contributed by atoms with E-state index in [1.54, 1.807) is 0 Å². The van der Waals surface area contributed by atoms with Gasteiger partial charge < -0.3 is 9.32 Å². The molecule has 2 nitrogen and oxygen atoms in total. The molecule has 0 amide bonds. The zero-order valence-corrected chi connectivity index (χ0v) is 36.4. The van der Waals surface area contributed by atoms with Gasteiger partial charge in [0.25, 0.3) is 0 Å². The quantitative estimate of drug-likeness (QED) is 0.161. The molecular weight excluding hydrogens is 775 g/mol. The Morgan fingerprint density at radius 2 is 0.781 bits per heavy atom. The normalized spacial score (nSPS) is 14.2. The van der Waals surface area contributed by atoms with Gasteiger partial charge in [-0.2, -0.15) is 0 Å². The predicted molar refractivity (Wildman–Crippen MR) is 269 cm³/mol. The minimum Gasteiger partial charge on any atom is -0.453 e. The van der Waals surface area contributed by atoms with E-state index in [9.17, 15) is 0 Å². The van der Waals surface area contributed by atoms with Crippen molar-refractivity contribution in [3.63, 3.8) is 0 Å². The number of benzene rings is 10. The minimum atomic E-state index is -0.169. The summed E-state index contributed by atoms with van der Waals surface area (Å²) in [6.45, 7) is 9.47. The first kappa shape index (κ1) is 36.9. The van der Waals surface area contributed by atoms with E-state index >= 15 is 0 Å². The van der Waals surface area contributed by atoms with Gasteiger partial charge in [-0.05, 0) is 113 Å². The van der Waals surface area contributed by atoms with E-state index in [1.807, 2.05) is 0 Å². The highest BCUT2D eigenvalue weighted by Crippen LogP contribution is 2.55. The van der Waals surface area contributed by atoms with Crippen LogP contribution < -0.4 is 4.90 Å². The molecule has 64 heavy (non-hydrogen) atoms. The topological polar surface area (TPSA) is 16.4 Å². The summed E-state index contributed by atoms with van der Waals surface area (Å²) in [7, 11) is 0. The number of rotatable bonds is 5. The van der Waals surface area contributed by atoms with Gasteiger partial charge in [0.05, 0.1) is 5.69 Å². The van der Waals surface area contributed by atoms with Crippen LogP contribution in [0, 0.1) is 0 Å². The van der Waals surface area contributed by atoms with Gasteiger partial charge in [-0.1, -0.05) is 198 Å². The van der Waals surface area contributed by atoms with E-state index < -0.39 is 0 Å². The lowest BCUT2D eigenvalue weighted by molar-refractivity contribution is 0.660. The van der Waals surface area contributed by atoms with E-state index in [4.69, 9.17) is 4.42 Å². The van der Waals surface area contributed by atoms with Crippen LogP contribution in [0.15, 0.2) is 205 Å². The first-order valence-corrected chi connectivity index (χ1v) is 22.5. The van der Waals surface area contributed by atoms with Crippen LogP contribution in [0.2, 0.25) is 0 Å². The molecule has 0 saturated carbocycles. The van der Waals surface area contributed by atoms with Crippen molar-refractivity contribution in [2.45, 2.75) is 38.5 Å². The Morgan fingerprint density at radius 1 is 0.328 bits per heavy atom. The summed E-state index contributed by atoms with van der Waals surface area (Å²) >= 11 is 0. The van der Waals surface area contributed by atoms with Crippen molar-refractivity contribution in [1.82, 2.24) is 0 Å².